The van der Waals surface area contributed by atoms with Gasteiger partial charge in [0.2, 0.25) is 0 Å². The minimum Gasteiger partial charge on any atom is -0.496 e. The quantitative estimate of drug-likeness (QED) is 0.782. The van der Waals surface area contributed by atoms with Crippen LogP contribution in [0.15, 0.2) is 6.20 Å². The summed E-state index contributed by atoms with van der Waals surface area (Å²) in [6.45, 7) is 7.12. The van der Waals surface area contributed by atoms with Crippen molar-refractivity contribution in [1.29, 1.82) is 0 Å². The molecule has 1 atom stereocenters. The molecule has 0 aromatic carbocycles. The molecule has 0 amide bonds. The average molecular weight is 301 g/mol. The molecule has 0 aliphatic heterocycles. The van der Waals surface area contributed by atoms with Crippen molar-refractivity contribution in [1.82, 2.24) is 9.88 Å². The highest BCUT2D eigenvalue weighted by Gasteiger charge is 2.13. The molecule has 1 aromatic rings. The summed E-state index contributed by atoms with van der Waals surface area (Å²) in [5.41, 5.74) is 3.31. The predicted octanol–water partition coefficient (Wildman–Crippen LogP) is 2.92. The van der Waals surface area contributed by atoms with E-state index in [9.17, 15) is 0 Å². The van der Waals surface area contributed by atoms with Crippen LogP contribution >= 0.6 is 15.9 Å². The smallest absolute Gasteiger partial charge is 0.128 e. The first-order valence-electron chi connectivity index (χ1n) is 5.76. The van der Waals surface area contributed by atoms with Gasteiger partial charge in [-0.1, -0.05) is 15.9 Å². The number of hydrogen-bond acceptors (Lipinski definition) is 3. The normalized spacial score (nSPS) is 12.9. The molecule has 17 heavy (non-hydrogen) atoms. The number of ether oxygens (including phenoxy) is 1. The third-order valence-corrected chi connectivity index (χ3v) is 4.06. The number of methoxy groups -OCH3 is 1. The van der Waals surface area contributed by atoms with Crippen molar-refractivity contribution in [3.05, 3.63) is 23.0 Å². The fourth-order valence-electron chi connectivity index (χ4n) is 1.74. The lowest BCUT2D eigenvalue weighted by Gasteiger charge is -2.23. The summed E-state index contributed by atoms with van der Waals surface area (Å²) in [5, 5.41) is 0.964. The lowest BCUT2D eigenvalue weighted by Crippen LogP contribution is -2.30. The SMILES string of the molecule is COc1c(C)cnc(CN(C)C(C)CBr)c1C. The molecule has 0 radical (unpaired) electrons. The molecule has 96 valence electrons. The van der Waals surface area contributed by atoms with Crippen molar-refractivity contribution in [3.8, 4) is 5.75 Å². The van der Waals surface area contributed by atoms with Gasteiger partial charge < -0.3 is 4.74 Å². The highest BCUT2D eigenvalue weighted by molar-refractivity contribution is 9.09. The number of halogens is 1. The van der Waals surface area contributed by atoms with Crippen molar-refractivity contribution in [2.75, 3.05) is 19.5 Å². The third-order valence-electron chi connectivity index (χ3n) is 3.12. The molecular weight excluding hydrogens is 280 g/mol. The Balaban J connectivity index is 2.92. The maximum absolute atomic E-state index is 5.42. The summed E-state index contributed by atoms with van der Waals surface area (Å²) >= 11 is 3.50. The summed E-state index contributed by atoms with van der Waals surface area (Å²) < 4.78 is 5.42. The van der Waals surface area contributed by atoms with Gasteiger partial charge in [-0.15, -0.1) is 0 Å². The second kappa shape index (κ2) is 6.36. The van der Waals surface area contributed by atoms with E-state index < -0.39 is 0 Å². The minimum absolute atomic E-state index is 0.489. The van der Waals surface area contributed by atoms with Crippen molar-refractivity contribution in [3.63, 3.8) is 0 Å². The Morgan fingerprint density at radius 1 is 1.47 bits per heavy atom. The van der Waals surface area contributed by atoms with E-state index in [1.165, 1.54) is 0 Å². The maximum Gasteiger partial charge on any atom is 0.128 e. The molecular formula is C13H21BrN2O. The van der Waals surface area contributed by atoms with Crippen molar-refractivity contribution < 1.29 is 4.74 Å². The molecule has 0 aliphatic rings. The fraction of sp³-hybridized carbons (Fsp3) is 0.615. The zero-order valence-electron chi connectivity index (χ0n) is 11.2. The number of alkyl halides is 1. The molecule has 1 aromatic heterocycles. The number of aryl methyl sites for hydroxylation is 1. The Morgan fingerprint density at radius 2 is 2.12 bits per heavy atom. The standard InChI is InChI=1S/C13H21BrN2O/c1-9-7-15-12(11(3)13(9)17-5)8-16(4)10(2)6-14/h7,10H,6,8H2,1-5H3. The van der Waals surface area contributed by atoms with Crippen LogP contribution in [-0.4, -0.2) is 35.4 Å². The summed E-state index contributed by atoms with van der Waals surface area (Å²) in [7, 11) is 3.82. The van der Waals surface area contributed by atoms with E-state index in [4.69, 9.17) is 4.74 Å². The molecule has 0 saturated carbocycles. The molecule has 0 aliphatic carbocycles. The topological polar surface area (TPSA) is 25.4 Å². The van der Waals surface area contributed by atoms with Crippen molar-refractivity contribution in [2.24, 2.45) is 0 Å². The average Bonchev–Trinajstić information content (AvgIpc) is 2.32. The Bertz CT molecular complexity index is 382. The molecule has 0 bridgehead atoms. The van der Waals surface area contributed by atoms with E-state index in [1.54, 1.807) is 7.11 Å². The van der Waals surface area contributed by atoms with Gasteiger partial charge in [-0.25, -0.2) is 0 Å². The van der Waals surface area contributed by atoms with Crippen LogP contribution in [-0.2, 0) is 6.54 Å². The van der Waals surface area contributed by atoms with Crippen molar-refractivity contribution in [2.45, 2.75) is 33.4 Å². The monoisotopic (exact) mass is 300 g/mol. The van der Waals surface area contributed by atoms with Gasteiger partial charge in [-0.05, 0) is 27.8 Å². The van der Waals surface area contributed by atoms with Crippen LogP contribution in [0.5, 0.6) is 5.75 Å². The highest BCUT2D eigenvalue weighted by atomic mass is 79.9. The van der Waals surface area contributed by atoms with Gasteiger partial charge in [0.05, 0.1) is 12.8 Å². The molecule has 4 heteroatoms. The van der Waals surface area contributed by atoms with E-state index in [-0.39, 0.29) is 0 Å². The van der Waals surface area contributed by atoms with Crippen LogP contribution in [0.25, 0.3) is 0 Å². The first kappa shape index (κ1) is 14.5. The van der Waals surface area contributed by atoms with Gasteiger partial charge in [0.15, 0.2) is 0 Å². The van der Waals surface area contributed by atoms with Crippen LogP contribution in [0, 0.1) is 13.8 Å². The lowest BCUT2D eigenvalue weighted by atomic mass is 10.1. The molecule has 1 rings (SSSR count). The van der Waals surface area contributed by atoms with Gasteiger partial charge in [-0.3, -0.25) is 9.88 Å². The van der Waals surface area contributed by atoms with Crippen LogP contribution in [0.2, 0.25) is 0 Å². The second-order valence-corrected chi connectivity index (χ2v) is 5.11. The number of hydrogen-bond donors (Lipinski definition) is 0. The Labute approximate surface area is 112 Å². The third kappa shape index (κ3) is 3.42. The Kier molecular flexibility index (Phi) is 5.40. The summed E-state index contributed by atoms with van der Waals surface area (Å²) in [5.74, 6) is 0.954. The Morgan fingerprint density at radius 3 is 2.65 bits per heavy atom. The van der Waals surface area contributed by atoms with Gasteiger partial charge >= 0.3 is 0 Å². The number of rotatable bonds is 5. The van der Waals surface area contributed by atoms with Gasteiger partial charge in [0.1, 0.15) is 5.75 Å². The van der Waals surface area contributed by atoms with Crippen LogP contribution in [0.4, 0.5) is 0 Å². The fourth-order valence-corrected chi connectivity index (χ4v) is 2.23. The van der Waals surface area contributed by atoms with Crippen LogP contribution in [0.3, 0.4) is 0 Å². The maximum atomic E-state index is 5.42. The van der Waals surface area contributed by atoms with Crippen LogP contribution < -0.4 is 4.74 Å². The first-order chi connectivity index (χ1) is 8.01. The van der Waals surface area contributed by atoms with Crippen molar-refractivity contribution >= 4 is 15.9 Å². The van der Waals surface area contributed by atoms with E-state index in [0.717, 1.165) is 34.4 Å². The second-order valence-electron chi connectivity index (χ2n) is 4.46. The molecule has 1 unspecified atom stereocenters. The number of nitrogens with zero attached hydrogens (tertiary/aromatic N) is 2. The summed E-state index contributed by atoms with van der Waals surface area (Å²) in [4.78, 5) is 6.78. The van der Waals surface area contributed by atoms with E-state index in [1.807, 2.05) is 13.1 Å². The Hall–Kier alpha value is -0.610. The number of pyridine rings is 1. The molecule has 0 N–H and O–H groups in total. The predicted molar refractivity (Wildman–Crippen MR) is 75.0 cm³/mol. The van der Waals surface area contributed by atoms with Gasteiger partial charge in [-0.2, -0.15) is 0 Å². The van der Waals surface area contributed by atoms with E-state index in [2.05, 4.69) is 46.7 Å². The van der Waals surface area contributed by atoms with Gasteiger partial charge in [0.25, 0.3) is 0 Å². The van der Waals surface area contributed by atoms with Crippen LogP contribution in [0.1, 0.15) is 23.7 Å². The first-order valence-corrected chi connectivity index (χ1v) is 6.88. The highest BCUT2D eigenvalue weighted by Crippen LogP contribution is 2.24. The molecule has 3 nitrogen and oxygen atoms in total. The largest absolute Gasteiger partial charge is 0.496 e. The van der Waals surface area contributed by atoms with Gasteiger partial charge in [0, 0.05) is 35.2 Å². The summed E-state index contributed by atoms with van der Waals surface area (Å²) in [6, 6.07) is 0.489. The molecule has 0 spiro atoms. The van der Waals surface area contributed by atoms with E-state index >= 15 is 0 Å². The number of aromatic nitrogens is 1. The van der Waals surface area contributed by atoms with E-state index in [0.29, 0.717) is 6.04 Å². The zero-order valence-corrected chi connectivity index (χ0v) is 12.8. The zero-order chi connectivity index (χ0) is 13.0. The molecule has 0 saturated heterocycles. The lowest BCUT2D eigenvalue weighted by molar-refractivity contribution is 0.266. The molecule has 1 heterocycles. The molecule has 0 fully saturated rings. The summed E-state index contributed by atoms with van der Waals surface area (Å²) in [6.07, 6.45) is 1.88. The minimum atomic E-state index is 0.489.